The summed E-state index contributed by atoms with van der Waals surface area (Å²) in [5.41, 5.74) is 0. The maximum atomic E-state index is 12.7. The first-order valence-corrected chi connectivity index (χ1v) is 26.4. The first-order chi connectivity index (χ1) is 31.6. The van der Waals surface area contributed by atoms with Crippen LogP contribution in [-0.2, 0) is 27.9 Å². The molecule has 368 valence electrons. The van der Waals surface area contributed by atoms with E-state index in [1.54, 1.807) is 0 Å². The summed E-state index contributed by atoms with van der Waals surface area (Å²) in [6, 6.07) is 0. The van der Waals surface area contributed by atoms with Crippen LogP contribution in [0.4, 0.5) is 0 Å². The molecule has 9 heteroatoms. The number of carbonyl (C=O) groups is 1. The zero-order valence-electron chi connectivity index (χ0n) is 41.6. The highest BCUT2D eigenvalue weighted by molar-refractivity contribution is 7.45. The Kier molecular flexibility index (Phi) is 44.7. The van der Waals surface area contributed by atoms with Crippen molar-refractivity contribution in [2.24, 2.45) is 0 Å². The summed E-state index contributed by atoms with van der Waals surface area (Å²) < 4.78 is 34.6. The second-order valence-corrected chi connectivity index (χ2v) is 18.5. The normalized spacial score (nSPS) is 14.7. The van der Waals surface area contributed by atoms with E-state index in [-0.39, 0.29) is 32.2 Å². The fourth-order valence-corrected chi connectivity index (χ4v) is 6.66. The number of allylic oxidation sites excluding steroid dienone is 22. The van der Waals surface area contributed by atoms with E-state index in [0.717, 1.165) is 128 Å². The number of unbranched alkanes of at least 4 members (excludes halogenated alkanes) is 8. The third-order valence-corrected chi connectivity index (χ3v) is 10.7. The van der Waals surface area contributed by atoms with E-state index < -0.39 is 13.9 Å². The van der Waals surface area contributed by atoms with Gasteiger partial charge in [0.05, 0.1) is 34.4 Å². The van der Waals surface area contributed by atoms with Gasteiger partial charge >= 0.3 is 5.97 Å². The zero-order valence-corrected chi connectivity index (χ0v) is 42.5. The third-order valence-electron chi connectivity index (χ3n) is 9.70. The van der Waals surface area contributed by atoms with Crippen LogP contribution in [0.25, 0.3) is 0 Å². The lowest BCUT2D eigenvalue weighted by molar-refractivity contribution is -0.870. The third kappa shape index (κ3) is 51.5. The van der Waals surface area contributed by atoms with E-state index in [1.807, 2.05) is 21.1 Å². The summed E-state index contributed by atoms with van der Waals surface area (Å²) in [5.74, 6) is -0.379. The van der Waals surface area contributed by atoms with Gasteiger partial charge in [0.2, 0.25) is 0 Å². The van der Waals surface area contributed by atoms with Crippen molar-refractivity contribution in [3.63, 3.8) is 0 Å². The number of likely N-dealkylation sites (N-methyl/N-ethyl adjacent to an activating group) is 1. The predicted octanol–water partition coefficient (Wildman–Crippen LogP) is 14.9. The molecule has 0 rings (SSSR count). The molecular weight excluding hydrogens is 830 g/mol. The second kappa shape index (κ2) is 47.1. The number of ether oxygens (including phenoxy) is 2. The molecule has 0 heterocycles. The van der Waals surface area contributed by atoms with Crippen molar-refractivity contribution in [3.05, 3.63) is 134 Å². The maximum absolute atomic E-state index is 12.7. The van der Waals surface area contributed by atoms with Crippen LogP contribution >= 0.6 is 7.82 Å². The Bertz CT molecular complexity index is 1490. The van der Waals surface area contributed by atoms with E-state index in [1.165, 1.54) is 0 Å². The van der Waals surface area contributed by atoms with Crippen molar-refractivity contribution in [1.82, 2.24) is 0 Å². The van der Waals surface area contributed by atoms with Gasteiger partial charge in [0.1, 0.15) is 19.3 Å². The topological polar surface area (TPSA) is 94.1 Å². The van der Waals surface area contributed by atoms with Gasteiger partial charge in [-0.25, -0.2) is 0 Å². The molecule has 0 aromatic carbocycles. The zero-order chi connectivity index (χ0) is 47.6. The molecule has 8 nitrogen and oxygen atoms in total. The number of quaternary nitrogens is 1. The fourth-order valence-electron chi connectivity index (χ4n) is 5.93. The quantitative estimate of drug-likeness (QED) is 0.0197. The lowest BCUT2D eigenvalue weighted by atomic mass is 10.1. The maximum Gasteiger partial charge on any atom is 0.306 e. The average Bonchev–Trinajstić information content (AvgIpc) is 3.27. The van der Waals surface area contributed by atoms with Crippen LogP contribution in [0.15, 0.2) is 134 Å². The van der Waals surface area contributed by atoms with Gasteiger partial charge in [0.25, 0.3) is 7.82 Å². The van der Waals surface area contributed by atoms with E-state index in [2.05, 4.69) is 148 Å². The highest BCUT2D eigenvalue weighted by atomic mass is 31.2. The largest absolute Gasteiger partial charge is 0.756 e. The van der Waals surface area contributed by atoms with Crippen molar-refractivity contribution >= 4 is 13.8 Å². The number of rotatable bonds is 44. The summed E-state index contributed by atoms with van der Waals surface area (Å²) in [6.07, 6.45) is 69.0. The molecule has 0 radical (unpaired) electrons. The molecule has 2 unspecified atom stereocenters. The fraction of sp³-hybridized carbons (Fsp3) is 0.589. The Morgan fingerprint density at radius 1 is 0.477 bits per heavy atom. The molecule has 0 amide bonds. The number of carbonyl (C=O) groups excluding carboxylic acids is 1. The molecule has 0 aromatic rings. The van der Waals surface area contributed by atoms with E-state index in [9.17, 15) is 14.3 Å². The Balaban J connectivity index is 4.32. The lowest BCUT2D eigenvalue weighted by Gasteiger charge is -2.28. The molecule has 0 aliphatic rings. The van der Waals surface area contributed by atoms with Gasteiger partial charge in [0, 0.05) is 13.0 Å². The van der Waals surface area contributed by atoms with Gasteiger partial charge in [-0.2, -0.15) is 0 Å². The highest BCUT2D eigenvalue weighted by Crippen LogP contribution is 2.38. The molecule has 65 heavy (non-hydrogen) atoms. The summed E-state index contributed by atoms with van der Waals surface area (Å²) in [5, 5.41) is 0. The van der Waals surface area contributed by atoms with Crippen molar-refractivity contribution in [3.8, 4) is 0 Å². The molecule has 0 bridgehead atoms. The Hall–Kier alpha value is -3.36. The van der Waals surface area contributed by atoms with Gasteiger partial charge in [0.15, 0.2) is 0 Å². The second-order valence-electron chi connectivity index (χ2n) is 17.1. The van der Waals surface area contributed by atoms with Crippen molar-refractivity contribution in [2.45, 2.75) is 161 Å². The van der Waals surface area contributed by atoms with Crippen LogP contribution in [0.3, 0.4) is 0 Å². The summed E-state index contributed by atoms with van der Waals surface area (Å²) >= 11 is 0. The Morgan fingerprint density at radius 2 is 0.846 bits per heavy atom. The Morgan fingerprint density at radius 3 is 1.26 bits per heavy atom. The van der Waals surface area contributed by atoms with Crippen LogP contribution in [0.1, 0.15) is 155 Å². The number of esters is 1. The smallest absolute Gasteiger partial charge is 0.306 e. The molecule has 0 aliphatic heterocycles. The van der Waals surface area contributed by atoms with Crippen LogP contribution < -0.4 is 4.89 Å². The summed E-state index contributed by atoms with van der Waals surface area (Å²) in [7, 11) is 1.29. The standard InChI is InChI=1S/C56H92NO7P/c1-6-8-10-12-14-16-18-20-22-24-26-27-28-29-30-32-34-36-38-40-42-44-46-48-51-61-53-55(54-63-65(59,60)62-52-50-57(3,4)5)64-56(58)49-47-45-43-41-39-37-35-33-31-25-23-21-19-17-15-13-11-9-7-2/h8-11,14-17,20-23,26-27,29-31,33-34,36-37,39,55H,6-7,12-13,18-19,24-25,28,32,35,38,40-54H2,1-5H3/b10-8-,11-9-,16-14-,17-15-,22-20-,23-21-,27-26-,30-29-,33-31-,36-34-,39-37-. The SMILES string of the molecule is CC/C=C\C/C=C\C/C=C\C/C=C\C/C=C\C/C=C\CCCCCCCOCC(COP(=O)([O-])OCC[N+](C)(C)C)OC(=O)CCCCC/C=C\C/C=C\C/C=C\C/C=C\C/C=C\CC. The minimum absolute atomic E-state index is 0.00620. The van der Waals surface area contributed by atoms with Gasteiger partial charge in [-0.1, -0.05) is 173 Å². The molecule has 0 saturated heterocycles. The first kappa shape index (κ1) is 61.6. The van der Waals surface area contributed by atoms with Crippen LogP contribution in [-0.4, -0.2) is 70.7 Å². The monoisotopic (exact) mass is 922 g/mol. The van der Waals surface area contributed by atoms with Crippen LogP contribution in [0, 0.1) is 0 Å². The van der Waals surface area contributed by atoms with Gasteiger partial charge in [-0.15, -0.1) is 0 Å². The number of phosphoric ester groups is 1. The van der Waals surface area contributed by atoms with Gasteiger partial charge in [-0.3, -0.25) is 9.36 Å². The number of hydrogen-bond donors (Lipinski definition) is 0. The van der Waals surface area contributed by atoms with E-state index >= 15 is 0 Å². The molecule has 0 saturated carbocycles. The van der Waals surface area contributed by atoms with E-state index in [4.69, 9.17) is 18.5 Å². The molecule has 0 aromatic heterocycles. The van der Waals surface area contributed by atoms with Crippen LogP contribution in [0.5, 0.6) is 0 Å². The van der Waals surface area contributed by atoms with Crippen LogP contribution in [0.2, 0.25) is 0 Å². The molecule has 0 aliphatic carbocycles. The number of hydrogen-bond acceptors (Lipinski definition) is 7. The highest BCUT2D eigenvalue weighted by Gasteiger charge is 2.20. The lowest BCUT2D eigenvalue weighted by Crippen LogP contribution is -2.37. The Labute approximate surface area is 398 Å². The van der Waals surface area contributed by atoms with Crippen molar-refractivity contribution in [1.29, 1.82) is 0 Å². The van der Waals surface area contributed by atoms with E-state index in [0.29, 0.717) is 24.1 Å². The van der Waals surface area contributed by atoms with Crippen molar-refractivity contribution in [2.75, 3.05) is 54.1 Å². The first-order valence-electron chi connectivity index (χ1n) is 24.9. The van der Waals surface area contributed by atoms with Gasteiger partial charge < -0.3 is 27.9 Å². The molecule has 2 atom stereocenters. The minimum atomic E-state index is -4.56. The number of phosphoric acid groups is 1. The summed E-state index contributed by atoms with van der Waals surface area (Å²) in [4.78, 5) is 25.2. The molecular formula is C56H92NO7P. The molecule has 0 fully saturated rings. The molecule has 0 N–H and O–H groups in total. The summed E-state index contributed by atoms with van der Waals surface area (Å²) in [6.45, 7) is 5.04. The number of nitrogens with zero attached hydrogens (tertiary/aromatic N) is 1. The van der Waals surface area contributed by atoms with Gasteiger partial charge in [-0.05, 0) is 109 Å². The average molecular weight is 922 g/mol. The molecule has 0 spiro atoms. The van der Waals surface area contributed by atoms with Crippen molar-refractivity contribution < 1.29 is 37.3 Å². The predicted molar refractivity (Wildman–Crippen MR) is 277 cm³/mol. The minimum Gasteiger partial charge on any atom is -0.756 e.